The van der Waals surface area contributed by atoms with Gasteiger partial charge in [-0.1, -0.05) is 12.1 Å². The summed E-state index contributed by atoms with van der Waals surface area (Å²) >= 11 is 0. The molecule has 29 heavy (non-hydrogen) atoms. The molecule has 0 aromatic heterocycles. The van der Waals surface area contributed by atoms with Crippen LogP contribution in [0.25, 0.3) is 0 Å². The molecule has 2 heterocycles. The van der Waals surface area contributed by atoms with Crippen molar-refractivity contribution in [2.75, 3.05) is 46.1 Å². The number of benzene rings is 1. The maximum Gasteiger partial charge on any atom is 0.325 e. The number of sulfonamides is 1. The summed E-state index contributed by atoms with van der Waals surface area (Å²) in [5.41, 5.74) is -0.702. The molecule has 2 fully saturated rings. The Morgan fingerprint density at radius 3 is 2.24 bits per heavy atom. The molecule has 0 bridgehead atoms. The third-order valence-electron chi connectivity index (χ3n) is 5.30. The zero-order valence-electron chi connectivity index (χ0n) is 16.5. The van der Waals surface area contributed by atoms with Gasteiger partial charge in [0.05, 0.1) is 13.4 Å². The number of imide groups is 1. The van der Waals surface area contributed by atoms with E-state index in [4.69, 9.17) is 4.74 Å². The second kappa shape index (κ2) is 7.64. The van der Waals surface area contributed by atoms with Gasteiger partial charge in [-0.25, -0.2) is 13.2 Å². The molecule has 10 nitrogen and oxygen atoms in total. The third kappa shape index (κ3) is 4.06. The fourth-order valence-electron chi connectivity index (χ4n) is 3.46. The summed E-state index contributed by atoms with van der Waals surface area (Å²) in [6, 6.07) is 6.11. The summed E-state index contributed by atoms with van der Waals surface area (Å²) in [7, 11) is -1.78. The molecule has 1 N–H and O–H groups in total. The lowest BCUT2D eigenvalue weighted by Gasteiger charge is -2.33. The van der Waals surface area contributed by atoms with E-state index in [1.807, 2.05) is 0 Å². The molecule has 2 aliphatic heterocycles. The fourth-order valence-corrected chi connectivity index (χ4v) is 4.29. The number of ether oxygens (including phenoxy) is 1. The maximum absolute atomic E-state index is 12.9. The number of nitrogens with one attached hydrogen (secondary N) is 1. The quantitative estimate of drug-likeness (QED) is 0.641. The number of carbonyl (C=O) groups excluding carboxylic acids is 3. The molecule has 1 atom stereocenters. The first-order valence-corrected chi connectivity index (χ1v) is 10.9. The third-order valence-corrected chi connectivity index (χ3v) is 6.60. The Morgan fingerprint density at radius 1 is 1.14 bits per heavy atom. The van der Waals surface area contributed by atoms with E-state index in [-0.39, 0.29) is 26.2 Å². The van der Waals surface area contributed by atoms with E-state index in [0.29, 0.717) is 11.3 Å². The summed E-state index contributed by atoms with van der Waals surface area (Å²) in [6.45, 7) is 2.00. The van der Waals surface area contributed by atoms with Gasteiger partial charge in [0.25, 0.3) is 5.91 Å². The van der Waals surface area contributed by atoms with Crippen molar-refractivity contribution >= 4 is 27.9 Å². The minimum atomic E-state index is -3.31. The lowest BCUT2D eigenvalue weighted by atomic mass is 9.92. The van der Waals surface area contributed by atoms with Gasteiger partial charge in [-0.05, 0) is 24.6 Å². The number of methoxy groups -OCH3 is 1. The van der Waals surface area contributed by atoms with Crippen LogP contribution >= 0.6 is 0 Å². The minimum Gasteiger partial charge on any atom is -0.497 e. The molecule has 3 rings (SSSR count). The molecule has 0 saturated carbocycles. The molecule has 0 aliphatic carbocycles. The molecule has 2 aliphatic rings. The van der Waals surface area contributed by atoms with Crippen LogP contribution in [-0.2, 0) is 25.2 Å². The Morgan fingerprint density at radius 2 is 1.72 bits per heavy atom. The van der Waals surface area contributed by atoms with E-state index in [1.165, 1.54) is 16.3 Å². The Hall–Kier alpha value is -2.66. The van der Waals surface area contributed by atoms with Crippen molar-refractivity contribution in [2.45, 2.75) is 12.5 Å². The molecule has 0 spiro atoms. The Balaban J connectivity index is 1.68. The zero-order chi connectivity index (χ0) is 21.4. The Bertz CT molecular complexity index is 924. The highest BCUT2D eigenvalue weighted by Crippen LogP contribution is 2.30. The largest absolute Gasteiger partial charge is 0.497 e. The number of hydrogen-bond acceptors (Lipinski definition) is 6. The first kappa shape index (κ1) is 21.1. The first-order valence-electron chi connectivity index (χ1n) is 9.08. The van der Waals surface area contributed by atoms with Gasteiger partial charge < -0.3 is 15.0 Å². The van der Waals surface area contributed by atoms with Gasteiger partial charge in [0.1, 0.15) is 17.8 Å². The number of amides is 4. The normalized spacial score (nSPS) is 23.3. The molecule has 0 unspecified atom stereocenters. The standard InChI is InChI=1S/C18H24N4O6S/c1-18(13-4-6-14(28-2)7-5-13)16(24)22(17(25)19-18)12-15(23)20-8-10-21(11-9-20)29(3,26)27/h4-7H,8-12H2,1-3H3,(H,19,25)/t18-/m0/s1. The predicted octanol–water partition coefficient (Wildman–Crippen LogP) is -0.434. The molecule has 4 amide bonds. The SMILES string of the molecule is COc1ccc([C@]2(C)NC(=O)N(CC(=O)N3CCN(S(C)(=O)=O)CC3)C2=O)cc1. The van der Waals surface area contributed by atoms with Gasteiger partial charge in [0.15, 0.2) is 0 Å². The van der Waals surface area contributed by atoms with Gasteiger partial charge >= 0.3 is 6.03 Å². The van der Waals surface area contributed by atoms with Crippen molar-refractivity contribution < 1.29 is 27.5 Å². The van der Waals surface area contributed by atoms with Crippen LogP contribution in [0.2, 0.25) is 0 Å². The van der Waals surface area contributed by atoms with Crippen molar-refractivity contribution in [1.82, 2.24) is 19.4 Å². The summed E-state index contributed by atoms with van der Waals surface area (Å²) in [4.78, 5) is 40.3. The number of nitrogens with zero attached hydrogens (tertiary/aromatic N) is 3. The number of urea groups is 1. The van der Waals surface area contributed by atoms with E-state index in [2.05, 4.69) is 5.32 Å². The van der Waals surface area contributed by atoms with Gasteiger partial charge in [0.2, 0.25) is 15.9 Å². The topological polar surface area (TPSA) is 116 Å². The average molecular weight is 424 g/mol. The van der Waals surface area contributed by atoms with Crippen LogP contribution in [0.4, 0.5) is 4.79 Å². The van der Waals surface area contributed by atoms with E-state index in [9.17, 15) is 22.8 Å². The molecular weight excluding hydrogens is 400 g/mol. The molecular formula is C18H24N4O6S. The zero-order valence-corrected chi connectivity index (χ0v) is 17.4. The predicted molar refractivity (Wildman–Crippen MR) is 104 cm³/mol. The fraction of sp³-hybridized carbons (Fsp3) is 0.500. The minimum absolute atomic E-state index is 0.189. The van der Waals surface area contributed by atoms with Crippen LogP contribution in [0.5, 0.6) is 5.75 Å². The molecule has 0 radical (unpaired) electrons. The van der Waals surface area contributed by atoms with Crippen LogP contribution in [0.3, 0.4) is 0 Å². The summed E-state index contributed by atoms with van der Waals surface area (Å²) in [6.07, 6.45) is 1.12. The van der Waals surface area contributed by atoms with Gasteiger partial charge in [-0.2, -0.15) is 4.31 Å². The average Bonchev–Trinajstić information content (AvgIpc) is 2.91. The second-order valence-electron chi connectivity index (χ2n) is 7.22. The van der Waals surface area contributed by atoms with Crippen molar-refractivity contribution in [3.8, 4) is 5.75 Å². The molecule has 158 valence electrons. The van der Waals surface area contributed by atoms with Gasteiger partial charge in [-0.15, -0.1) is 0 Å². The van der Waals surface area contributed by atoms with Crippen molar-refractivity contribution in [2.24, 2.45) is 0 Å². The number of rotatable bonds is 5. The van der Waals surface area contributed by atoms with Crippen LogP contribution in [0.15, 0.2) is 24.3 Å². The lowest BCUT2D eigenvalue weighted by molar-refractivity contribution is -0.139. The summed E-state index contributed by atoms with van der Waals surface area (Å²) < 4.78 is 29.6. The van der Waals surface area contributed by atoms with Crippen LogP contribution in [0.1, 0.15) is 12.5 Å². The molecule has 1 aromatic rings. The number of hydrogen-bond donors (Lipinski definition) is 1. The smallest absolute Gasteiger partial charge is 0.325 e. The van der Waals surface area contributed by atoms with Crippen molar-refractivity contribution in [1.29, 1.82) is 0 Å². The van der Waals surface area contributed by atoms with E-state index in [0.717, 1.165) is 11.2 Å². The number of piperazine rings is 1. The highest BCUT2D eigenvalue weighted by molar-refractivity contribution is 7.88. The van der Waals surface area contributed by atoms with E-state index < -0.39 is 40.0 Å². The summed E-state index contributed by atoms with van der Waals surface area (Å²) in [5, 5.41) is 2.66. The molecule has 2 saturated heterocycles. The molecule has 1 aromatic carbocycles. The lowest BCUT2D eigenvalue weighted by Crippen LogP contribution is -2.53. The molecule has 11 heteroatoms. The number of carbonyl (C=O) groups is 3. The highest BCUT2D eigenvalue weighted by atomic mass is 32.2. The Kier molecular flexibility index (Phi) is 5.54. The van der Waals surface area contributed by atoms with Crippen molar-refractivity contribution in [3.63, 3.8) is 0 Å². The van der Waals surface area contributed by atoms with Gasteiger partial charge in [0, 0.05) is 26.2 Å². The Labute approximate surface area is 169 Å². The second-order valence-corrected chi connectivity index (χ2v) is 9.20. The van der Waals surface area contributed by atoms with E-state index in [1.54, 1.807) is 31.2 Å². The van der Waals surface area contributed by atoms with Crippen LogP contribution < -0.4 is 10.1 Å². The summed E-state index contributed by atoms with van der Waals surface area (Å²) in [5.74, 6) is -0.300. The maximum atomic E-state index is 12.9. The van der Waals surface area contributed by atoms with Crippen molar-refractivity contribution in [3.05, 3.63) is 29.8 Å². The monoisotopic (exact) mass is 424 g/mol. The van der Waals surface area contributed by atoms with Gasteiger partial charge in [-0.3, -0.25) is 14.5 Å². The van der Waals surface area contributed by atoms with Crippen LogP contribution in [0, 0.1) is 0 Å². The van der Waals surface area contributed by atoms with E-state index >= 15 is 0 Å². The first-order chi connectivity index (χ1) is 13.6. The van der Waals surface area contributed by atoms with Crippen LogP contribution in [-0.4, -0.2) is 86.5 Å². The highest BCUT2D eigenvalue weighted by Gasteiger charge is 2.49.